The number of nitrogens with two attached hydrogens (primary N) is 1. The predicted octanol–water partition coefficient (Wildman–Crippen LogP) is 7.91. The minimum Gasteiger partial charge on any atom is -0.397 e. The quantitative estimate of drug-likeness (QED) is 0.0960. The van der Waals surface area contributed by atoms with E-state index in [-0.39, 0.29) is 22.6 Å². The van der Waals surface area contributed by atoms with Gasteiger partial charge in [0.05, 0.1) is 0 Å². The molecular weight excluding hydrogens is 438 g/mol. The van der Waals surface area contributed by atoms with Crippen LogP contribution in [-0.2, 0) is 0 Å². The number of nitrogens with one attached hydrogen (secondary N) is 1. The maximum absolute atomic E-state index is 7.82. The molecule has 0 aromatic rings. The van der Waals surface area contributed by atoms with Crippen molar-refractivity contribution in [1.29, 1.82) is 0 Å². The van der Waals surface area contributed by atoms with Crippen molar-refractivity contribution in [3.63, 3.8) is 0 Å². The minimum atomic E-state index is 0. The second-order valence-electron chi connectivity index (χ2n) is 7.63. The van der Waals surface area contributed by atoms with Crippen LogP contribution in [0.2, 0.25) is 0 Å². The third kappa shape index (κ3) is 95.4. The summed E-state index contributed by atoms with van der Waals surface area (Å²) >= 11 is 0. The Balaban J connectivity index is -0.0000000809. The number of rotatable bonds is 18. The first-order chi connectivity index (χ1) is 15.7. The van der Waals surface area contributed by atoms with Crippen LogP contribution in [-0.4, -0.2) is 41.7 Å². The average Bonchev–Trinajstić information content (AvgIpc) is 2.80. The Morgan fingerprint density at radius 1 is 0.500 bits per heavy atom. The molecule has 5 nitrogen and oxygen atoms in total. The molecule has 7 heteroatoms. The van der Waals surface area contributed by atoms with E-state index in [0.717, 1.165) is 13.0 Å². The van der Waals surface area contributed by atoms with Crippen molar-refractivity contribution in [3.05, 3.63) is 0 Å². The summed E-state index contributed by atoms with van der Waals surface area (Å²) in [4.78, 5) is 0. The summed E-state index contributed by atoms with van der Waals surface area (Å²) < 4.78 is 0. The van der Waals surface area contributed by atoms with Crippen LogP contribution in [0.1, 0.15) is 151 Å². The summed E-state index contributed by atoms with van der Waals surface area (Å²) in [6.07, 6.45) is 23.8. The minimum absolute atomic E-state index is 0. The van der Waals surface area contributed by atoms with Gasteiger partial charge in [0.2, 0.25) is 0 Å². The molecule has 34 heavy (non-hydrogen) atoms. The zero-order valence-electron chi connectivity index (χ0n) is 24.1. The number of hydrogen-bond acceptors (Lipinski definition) is 5. The molecule has 0 saturated carbocycles. The van der Waals surface area contributed by atoms with Crippen LogP contribution in [0.3, 0.4) is 0 Å². The molecule has 0 unspecified atom stereocenters. The molecule has 218 valence electrons. The molecule has 0 fully saturated rings. The summed E-state index contributed by atoms with van der Waals surface area (Å²) in [5, 5.41) is 23.0. The molecule has 0 aromatic carbocycles. The monoisotopic (exact) mass is 507 g/mol. The van der Waals surface area contributed by atoms with Crippen molar-refractivity contribution in [3.8, 4) is 0 Å². The fourth-order valence-electron chi connectivity index (χ4n) is 2.80. The lowest BCUT2D eigenvalue weighted by atomic mass is 10.0. The van der Waals surface area contributed by atoms with Gasteiger partial charge in [0, 0.05) is 19.8 Å². The molecule has 0 aliphatic carbocycles. The highest BCUT2D eigenvalue weighted by atomic mass is 19.0. The van der Waals surface area contributed by atoms with E-state index in [1.54, 1.807) is 13.8 Å². The average molecular weight is 507 g/mol. The van der Waals surface area contributed by atoms with Gasteiger partial charge in [-0.2, -0.15) is 0 Å². The van der Waals surface area contributed by atoms with Gasteiger partial charge < -0.3 is 21.2 Å². The molecule has 6 N–H and O–H groups in total. The molecule has 0 rings (SSSR count). The van der Waals surface area contributed by atoms with Gasteiger partial charge in [0.25, 0.3) is 0 Å². The van der Waals surface area contributed by atoms with E-state index < -0.39 is 0 Å². The lowest BCUT2D eigenvalue weighted by molar-refractivity contribution is 0.167. The third-order valence-electron chi connectivity index (χ3n) is 4.42. The van der Waals surface area contributed by atoms with Crippen molar-refractivity contribution in [2.75, 3.05) is 26.3 Å². The van der Waals surface area contributed by atoms with Crippen LogP contribution in [0.15, 0.2) is 0 Å². The molecule has 0 aromatic heterocycles. The summed E-state index contributed by atoms with van der Waals surface area (Å²) in [6.45, 7) is 13.7. The van der Waals surface area contributed by atoms with Gasteiger partial charge in [-0.25, -0.2) is 5.48 Å². The smallest absolute Gasteiger partial charge is 0.0402 e. The Labute approximate surface area is 213 Å². The standard InChI is InChI=1S/C18H39N.C3H9NO.2C2H6O.C2H6.2FH/c1-2-3-4-5-6-7-8-9-10-11-12-13-14-15-16-17-18-19;1-2-3-4-5;2*1-2-3;1-2;;/h2-19H2,1H3;4-5H,2-3H2,1H3;2*3H,2H2,1H3;1-2H3;2*1H. The first kappa shape index (κ1) is 50.5. The Kier molecular flexibility index (Phi) is 104. The van der Waals surface area contributed by atoms with Crippen LogP contribution in [0.25, 0.3) is 0 Å². The van der Waals surface area contributed by atoms with Gasteiger partial charge in [-0.1, -0.05) is 124 Å². The Hall–Kier alpha value is -0.340. The first-order valence-electron chi connectivity index (χ1n) is 13.9. The maximum atomic E-state index is 7.82. The van der Waals surface area contributed by atoms with Crippen molar-refractivity contribution in [2.45, 2.75) is 151 Å². The Morgan fingerprint density at radius 3 is 0.882 bits per heavy atom. The van der Waals surface area contributed by atoms with E-state index in [2.05, 4.69) is 6.92 Å². The molecular formula is C27H68F2N2O3. The predicted molar refractivity (Wildman–Crippen MR) is 151 cm³/mol. The normalized spacial score (nSPS) is 8.65. The molecule has 0 heterocycles. The van der Waals surface area contributed by atoms with E-state index >= 15 is 0 Å². The molecule has 0 amide bonds. The second kappa shape index (κ2) is 69.8. The van der Waals surface area contributed by atoms with E-state index in [9.17, 15) is 0 Å². The Bertz CT molecular complexity index is 212. The highest BCUT2D eigenvalue weighted by Gasteiger charge is 1.94. The van der Waals surface area contributed by atoms with Gasteiger partial charge in [-0.3, -0.25) is 9.41 Å². The summed E-state index contributed by atoms with van der Waals surface area (Å²) in [7, 11) is 0. The summed E-state index contributed by atoms with van der Waals surface area (Å²) in [5.41, 5.74) is 7.50. The number of aliphatic hydroxyl groups excluding tert-OH is 2. The van der Waals surface area contributed by atoms with Crippen molar-refractivity contribution < 1.29 is 24.8 Å². The number of halogens is 2. The maximum Gasteiger partial charge on any atom is 0.0402 e. The molecule has 0 radical (unpaired) electrons. The van der Waals surface area contributed by atoms with E-state index in [1.165, 1.54) is 103 Å². The van der Waals surface area contributed by atoms with Crippen LogP contribution >= 0.6 is 0 Å². The van der Waals surface area contributed by atoms with Gasteiger partial charge in [-0.15, -0.1) is 0 Å². The molecule has 0 aliphatic heterocycles. The largest absolute Gasteiger partial charge is 0.397 e. The van der Waals surface area contributed by atoms with Crippen LogP contribution in [0.4, 0.5) is 9.41 Å². The number of hydrogen-bond donors (Lipinski definition) is 5. The van der Waals surface area contributed by atoms with Crippen LogP contribution in [0, 0.1) is 0 Å². The zero-order valence-corrected chi connectivity index (χ0v) is 24.1. The van der Waals surface area contributed by atoms with Crippen molar-refractivity contribution in [2.24, 2.45) is 5.73 Å². The van der Waals surface area contributed by atoms with E-state index in [1.807, 2.05) is 26.3 Å². The molecule has 0 spiro atoms. The molecule has 0 aliphatic rings. The number of unbranched alkanes of at least 4 members (excludes halogenated alkanes) is 15. The number of aliphatic hydroxyl groups is 2. The highest BCUT2D eigenvalue weighted by Crippen LogP contribution is 2.13. The SMILES string of the molecule is CC.CCCCCCCCCCCCCCCCCCN.CCCNO.CCO.CCO.F.F. The van der Waals surface area contributed by atoms with Crippen molar-refractivity contribution >= 4 is 0 Å². The lowest BCUT2D eigenvalue weighted by Gasteiger charge is -2.03. The lowest BCUT2D eigenvalue weighted by Crippen LogP contribution is -2.06. The van der Waals surface area contributed by atoms with E-state index in [0.29, 0.717) is 6.54 Å². The van der Waals surface area contributed by atoms with E-state index in [4.69, 9.17) is 21.2 Å². The fourth-order valence-corrected chi connectivity index (χ4v) is 2.80. The van der Waals surface area contributed by atoms with Gasteiger partial charge in [-0.05, 0) is 33.2 Å². The third-order valence-corrected chi connectivity index (χ3v) is 4.42. The molecule has 0 saturated heterocycles. The molecule has 0 atom stereocenters. The number of hydroxylamine groups is 1. The summed E-state index contributed by atoms with van der Waals surface area (Å²) in [5.74, 6) is 0. The zero-order chi connectivity index (χ0) is 25.6. The fraction of sp³-hybridized carbons (Fsp3) is 1.00. The van der Waals surface area contributed by atoms with Crippen LogP contribution in [0.5, 0.6) is 0 Å². The van der Waals surface area contributed by atoms with Gasteiger partial charge in [0.1, 0.15) is 0 Å². The van der Waals surface area contributed by atoms with Gasteiger partial charge >= 0.3 is 0 Å². The summed E-state index contributed by atoms with van der Waals surface area (Å²) in [6, 6.07) is 0. The second-order valence-corrected chi connectivity index (χ2v) is 7.63. The van der Waals surface area contributed by atoms with Gasteiger partial charge in [0.15, 0.2) is 0 Å². The van der Waals surface area contributed by atoms with Crippen LogP contribution < -0.4 is 11.2 Å². The van der Waals surface area contributed by atoms with Crippen molar-refractivity contribution in [1.82, 2.24) is 5.48 Å². The Morgan fingerprint density at radius 2 is 0.735 bits per heavy atom. The topological polar surface area (TPSA) is 98.7 Å². The highest BCUT2D eigenvalue weighted by molar-refractivity contribution is 4.50. The first-order valence-corrected chi connectivity index (χ1v) is 13.9. The molecule has 0 bridgehead atoms.